The van der Waals surface area contributed by atoms with Gasteiger partial charge in [-0.05, 0) is 29.6 Å². The van der Waals surface area contributed by atoms with Gasteiger partial charge in [0.25, 0.3) is 5.89 Å². The molecule has 158 valence electrons. The number of nitrogens with zero attached hydrogens (tertiary/aromatic N) is 7. The van der Waals surface area contributed by atoms with Crippen LogP contribution >= 0.6 is 9.24 Å². The predicted octanol–water partition coefficient (Wildman–Crippen LogP) is 1.79. The van der Waals surface area contributed by atoms with Gasteiger partial charge in [0.15, 0.2) is 0 Å². The van der Waals surface area contributed by atoms with E-state index in [4.69, 9.17) is 9.52 Å². The monoisotopic (exact) mass is 444 g/mol. The van der Waals surface area contributed by atoms with Crippen molar-refractivity contribution < 1.29 is 9.21 Å². The van der Waals surface area contributed by atoms with Crippen molar-refractivity contribution in [3.63, 3.8) is 0 Å². The van der Waals surface area contributed by atoms with E-state index in [-0.39, 0.29) is 17.7 Å². The Labute approximate surface area is 183 Å². The maximum absolute atomic E-state index is 13.5. The standard InChI is InChI=1S/C21H17N8O2P/c30-21(20-26-25-19(31-20)15-5-4-13(32)10-22-15)28-8-6-14-17(24-11-23-14)18(28)16-9-12-3-1-2-7-29(12)27-16/h1-5,7,9-11,18H,6,8,32H2,(H,23,24)/t18-/m0/s1. The molecule has 6 heterocycles. The van der Waals surface area contributed by atoms with E-state index >= 15 is 0 Å². The Bertz CT molecular complexity index is 1400. The second kappa shape index (κ2) is 7.35. The fourth-order valence-electron chi connectivity index (χ4n) is 3.95. The number of hydrogen-bond acceptors (Lipinski definition) is 7. The van der Waals surface area contributed by atoms with E-state index in [1.807, 2.05) is 36.5 Å². The molecule has 1 amide bonds. The molecule has 0 radical (unpaired) electrons. The number of amides is 1. The molecule has 32 heavy (non-hydrogen) atoms. The number of rotatable bonds is 3. The first-order valence-electron chi connectivity index (χ1n) is 10.0. The summed E-state index contributed by atoms with van der Waals surface area (Å²) in [6.07, 6.45) is 5.84. The minimum absolute atomic E-state index is 0.0931. The normalized spacial score (nSPS) is 15.8. The summed E-state index contributed by atoms with van der Waals surface area (Å²) in [5, 5.41) is 13.6. The highest BCUT2D eigenvalue weighted by molar-refractivity contribution is 7.27. The number of imidazole rings is 1. The van der Waals surface area contributed by atoms with Crippen LogP contribution < -0.4 is 5.30 Å². The molecule has 1 unspecified atom stereocenters. The number of H-pyrrole nitrogens is 1. The molecule has 0 saturated heterocycles. The van der Waals surface area contributed by atoms with Gasteiger partial charge in [-0.25, -0.2) is 9.50 Å². The Morgan fingerprint density at radius 1 is 1.19 bits per heavy atom. The summed E-state index contributed by atoms with van der Waals surface area (Å²) >= 11 is 0. The van der Waals surface area contributed by atoms with Crippen molar-refractivity contribution in [2.24, 2.45) is 0 Å². The molecule has 0 bridgehead atoms. The van der Waals surface area contributed by atoms with Crippen LogP contribution in [-0.2, 0) is 6.42 Å². The van der Waals surface area contributed by atoms with E-state index in [9.17, 15) is 4.79 Å². The van der Waals surface area contributed by atoms with Crippen molar-refractivity contribution in [2.45, 2.75) is 12.5 Å². The third-order valence-corrected chi connectivity index (χ3v) is 5.81. The van der Waals surface area contributed by atoms with Gasteiger partial charge in [0, 0.05) is 31.1 Å². The van der Waals surface area contributed by atoms with Crippen LogP contribution in [0.15, 0.2) is 59.5 Å². The SMILES string of the molecule is O=C(c1nnc(-c2ccc(P)cn2)o1)N1CCc2[nH]cnc2[C@@H]1c1cc2ccccn2n1. The van der Waals surface area contributed by atoms with Crippen LogP contribution in [0.1, 0.15) is 33.8 Å². The number of aromatic amines is 1. The molecule has 1 aliphatic heterocycles. The fourth-order valence-corrected chi connectivity index (χ4v) is 4.13. The molecule has 0 aromatic carbocycles. The van der Waals surface area contributed by atoms with E-state index in [1.165, 1.54) is 0 Å². The molecule has 2 atom stereocenters. The molecular weight excluding hydrogens is 427 g/mol. The van der Waals surface area contributed by atoms with Crippen molar-refractivity contribution in [1.29, 1.82) is 0 Å². The predicted molar refractivity (Wildman–Crippen MR) is 117 cm³/mol. The largest absolute Gasteiger partial charge is 0.411 e. The number of fused-ring (bicyclic) bond motifs is 2. The first-order chi connectivity index (χ1) is 15.7. The van der Waals surface area contributed by atoms with Crippen molar-refractivity contribution in [2.75, 3.05) is 6.54 Å². The zero-order chi connectivity index (χ0) is 21.7. The molecule has 0 spiro atoms. The topological polar surface area (TPSA) is 118 Å². The first-order valence-corrected chi connectivity index (χ1v) is 10.6. The maximum Gasteiger partial charge on any atom is 0.312 e. The lowest BCUT2D eigenvalue weighted by Gasteiger charge is -2.32. The Hall–Kier alpha value is -3.91. The first kappa shape index (κ1) is 18.8. The lowest BCUT2D eigenvalue weighted by Crippen LogP contribution is -2.41. The average Bonchev–Trinajstić information content (AvgIpc) is 3.57. The van der Waals surface area contributed by atoms with Crippen LogP contribution in [0.5, 0.6) is 0 Å². The number of carbonyl (C=O) groups excluding carboxylic acids is 1. The van der Waals surface area contributed by atoms with Crippen LogP contribution in [0.4, 0.5) is 0 Å². The molecule has 0 saturated carbocycles. The van der Waals surface area contributed by atoms with Gasteiger partial charge in [-0.3, -0.25) is 9.78 Å². The Kier molecular flexibility index (Phi) is 4.32. The van der Waals surface area contributed by atoms with Gasteiger partial charge >= 0.3 is 11.8 Å². The van der Waals surface area contributed by atoms with Crippen LogP contribution in [0.2, 0.25) is 0 Å². The summed E-state index contributed by atoms with van der Waals surface area (Å²) in [7, 11) is 2.57. The molecular formula is C21H17N8O2P. The average molecular weight is 444 g/mol. The summed E-state index contributed by atoms with van der Waals surface area (Å²) < 4.78 is 7.48. The fraction of sp³-hybridized carbons (Fsp3) is 0.143. The lowest BCUT2D eigenvalue weighted by atomic mass is 9.99. The van der Waals surface area contributed by atoms with E-state index < -0.39 is 6.04 Å². The van der Waals surface area contributed by atoms with E-state index in [0.29, 0.717) is 18.7 Å². The summed E-state index contributed by atoms with van der Waals surface area (Å²) in [5.41, 5.74) is 3.92. The van der Waals surface area contributed by atoms with E-state index in [2.05, 4.69) is 34.4 Å². The van der Waals surface area contributed by atoms with Gasteiger partial charge in [-0.1, -0.05) is 12.1 Å². The molecule has 0 aliphatic carbocycles. The molecule has 1 N–H and O–H groups in total. The Morgan fingerprint density at radius 2 is 2.12 bits per heavy atom. The number of carbonyl (C=O) groups is 1. The minimum atomic E-state index is -0.470. The van der Waals surface area contributed by atoms with Crippen molar-refractivity contribution in [1.82, 2.24) is 39.7 Å². The Balaban J connectivity index is 1.38. The van der Waals surface area contributed by atoms with Gasteiger partial charge < -0.3 is 14.3 Å². The molecule has 0 fully saturated rings. The highest BCUT2D eigenvalue weighted by Crippen LogP contribution is 2.34. The van der Waals surface area contributed by atoms with Crippen LogP contribution in [-0.4, -0.2) is 52.1 Å². The van der Waals surface area contributed by atoms with Gasteiger partial charge in [-0.2, -0.15) is 5.10 Å². The van der Waals surface area contributed by atoms with E-state index in [0.717, 1.165) is 27.9 Å². The van der Waals surface area contributed by atoms with Gasteiger partial charge in [-0.15, -0.1) is 19.4 Å². The number of hydrogen-bond donors (Lipinski definition) is 1. The number of nitrogens with one attached hydrogen (secondary N) is 1. The summed E-state index contributed by atoms with van der Waals surface area (Å²) in [6.45, 7) is 0.463. The smallest absolute Gasteiger partial charge is 0.312 e. The minimum Gasteiger partial charge on any atom is -0.411 e. The van der Waals surface area contributed by atoms with Crippen molar-refractivity contribution >= 4 is 26.0 Å². The van der Waals surface area contributed by atoms with Crippen molar-refractivity contribution in [3.05, 3.63) is 78.1 Å². The molecule has 10 nitrogen and oxygen atoms in total. The van der Waals surface area contributed by atoms with Gasteiger partial charge in [0.1, 0.15) is 11.7 Å². The number of pyridine rings is 2. The zero-order valence-corrected chi connectivity index (χ0v) is 17.9. The van der Waals surface area contributed by atoms with E-state index in [1.54, 1.807) is 28.0 Å². The number of aromatic nitrogens is 7. The quantitative estimate of drug-likeness (QED) is 0.422. The maximum atomic E-state index is 13.5. The third kappa shape index (κ3) is 3.07. The summed E-state index contributed by atoms with van der Waals surface area (Å²) in [4.78, 5) is 27.1. The van der Waals surface area contributed by atoms with Crippen LogP contribution in [0, 0.1) is 0 Å². The molecule has 5 aromatic rings. The third-order valence-electron chi connectivity index (χ3n) is 5.47. The molecule has 6 rings (SSSR count). The second-order valence-electron chi connectivity index (χ2n) is 7.45. The second-order valence-corrected chi connectivity index (χ2v) is 8.11. The summed E-state index contributed by atoms with van der Waals surface area (Å²) in [5.74, 6) is -0.272. The Morgan fingerprint density at radius 3 is 2.97 bits per heavy atom. The molecule has 11 heteroatoms. The zero-order valence-electron chi connectivity index (χ0n) is 16.7. The summed E-state index contributed by atoms with van der Waals surface area (Å²) in [6, 6.07) is 10.9. The lowest BCUT2D eigenvalue weighted by molar-refractivity contribution is 0.0646. The van der Waals surface area contributed by atoms with Gasteiger partial charge in [0.05, 0.1) is 23.2 Å². The van der Waals surface area contributed by atoms with Crippen LogP contribution in [0.25, 0.3) is 17.1 Å². The van der Waals surface area contributed by atoms with Crippen molar-refractivity contribution in [3.8, 4) is 11.6 Å². The highest BCUT2D eigenvalue weighted by Gasteiger charge is 2.38. The van der Waals surface area contributed by atoms with Gasteiger partial charge in [0.2, 0.25) is 0 Å². The molecule has 5 aromatic heterocycles. The molecule has 1 aliphatic rings. The van der Waals surface area contributed by atoms with Crippen LogP contribution in [0.3, 0.4) is 0 Å². The highest BCUT2D eigenvalue weighted by atomic mass is 31.0.